The summed E-state index contributed by atoms with van der Waals surface area (Å²) >= 11 is 1.38. The summed E-state index contributed by atoms with van der Waals surface area (Å²) in [4.78, 5) is 29.2. The van der Waals surface area contributed by atoms with Gasteiger partial charge in [-0.25, -0.2) is 0 Å². The minimum Gasteiger partial charge on any atom is -0.497 e. The molecule has 0 spiro atoms. The number of hydrogen-bond donors (Lipinski definition) is 0. The quantitative estimate of drug-likeness (QED) is 0.634. The minimum atomic E-state index is -0.399. The molecule has 0 unspecified atom stereocenters. The first kappa shape index (κ1) is 18.8. The molecule has 0 N–H and O–H groups in total. The monoisotopic (exact) mass is 384 g/mol. The lowest BCUT2D eigenvalue weighted by Gasteiger charge is -2.04. The lowest BCUT2D eigenvalue weighted by atomic mass is 10.2. The number of hydrogen-bond acceptors (Lipinski definition) is 5. The molecule has 0 saturated carbocycles. The highest BCUT2D eigenvalue weighted by Crippen LogP contribution is 2.20. The van der Waals surface area contributed by atoms with E-state index in [9.17, 15) is 9.59 Å². The first-order valence-corrected chi connectivity index (χ1v) is 9.29. The number of ether oxygens (including phenoxy) is 2. The van der Waals surface area contributed by atoms with E-state index in [0.717, 1.165) is 16.6 Å². The van der Waals surface area contributed by atoms with Crippen molar-refractivity contribution in [1.82, 2.24) is 4.57 Å². The standard InChI is InChI=1S/C20H20N2O4S/c1-4-13-8-9-16-17(10-13)27-20(22(16)12-18(23)26-3)21-19(24)14-6-5-7-15(11-14)25-2/h5-11H,4,12H2,1-3H3. The van der Waals surface area contributed by atoms with Crippen LogP contribution in [0.5, 0.6) is 5.75 Å². The van der Waals surface area contributed by atoms with Gasteiger partial charge in [-0.15, -0.1) is 0 Å². The van der Waals surface area contributed by atoms with Gasteiger partial charge in [-0.2, -0.15) is 4.99 Å². The fourth-order valence-corrected chi connectivity index (χ4v) is 3.77. The fourth-order valence-electron chi connectivity index (χ4n) is 2.68. The molecule has 3 aromatic rings. The number of fused-ring (bicyclic) bond motifs is 1. The molecule has 7 heteroatoms. The summed E-state index contributed by atoms with van der Waals surface area (Å²) in [7, 11) is 2.88. The Bertz CT molecular complexity index is 1070. The van der Waals surface area contributed by atoms with Gasteiger partial charge in [0.25, 0.3) is 5.91 Å². The van der Waals surface area contributed by atoms with Crippen molar-refractivity contribution >= 4 is 33.4 Å². The van der Waals surface area contributed by atoms with Crippen molar-refractivity contribution in [3.05, 3.63) is 58.4 Å². The molecule has 140 valence electrons. The van der Waals surface area contributed by atoms with Gasteiger partial charge in [-0.1, -0.05) is 30.4 Å². The van der Waals surface area contributed by atoms with Gasteiger partial charge in [0.15, 0.2) is 4.80 Å². The largest absolute Gasteiger partial charge is 0.497 e. The van der Waals surface area contributed by atoms with Crippen LogP contribution < -0.4 is 9.54 Å². The zero-order valence-corrected chi connectivity index (χ0v) is 16.2. The topological polar surface area (TPSA) is 69.9 Å². The molecule has 0 aliphatic carbocycles. The van der Waals surface area contributed by atoms with Crippen molar-refractivity contribution in [2.45, 2.75) is 19.9 Å². The second-order valence-electron chi connectivity index (χ2n) is 5.85. The van der Waals surface area contributed by atoms with Gasteiger partial charge < -0.3 is 14.0 Å². The van der Waals surface area contributed by atoms with Gasteiger partial charge in [0.1, 0.15) is 12.3 Å². The molecule has 0 fully saturated rings. The van der Waals surface area contributed by atoms with Crippen LogP contribution in [0.4, 0.5) is 0 Å². The van der Waals surface area contributed by atoms with Crippen LogP contribution in [0.15, 0.2) is 47.5 Å². The normalized spacial score (nSPS) is 11.6. The summed E-state index contributed by atoms with van der Waals surface area (Å²) in [6.07, 6.45) is 0.903. The molecule has 0 radical (unpaired) electrons. The van der Waals surface area contributed by atoms with Crippen molar-refractivity contribution in [2.75, 3.05) is 14.2 Å². The molecule has 2 aromatic carbocycles. The van der Waals surface area contributed by atoms with Crippen LogP contribution >= 0.6 is 11.3 Å². The van der Waals surface area contributed by atoms with Gasteiger partial charge in [-0.05, 0) is 42.3 Å². The minimum absolute atomic E-state index is 0.00774. The molecule has 27 heavy (non-hydrogen) atoms. The summed E-state index contributed by atoms with van der Waals surface area (Å²) in [5.74, 6) is -0.207. The van der Waals surface area contributed by atoms with Crippen molar-refractivity contribution < 1.29 is 19.1 Å². The smallest absolute Gasteiger partial charge is 0.325 e. The first-order valence-electron chi connectivity index (χ1n) is 8.48. The van der Waals surface area contributed by atoms with E-state index in [-0.39, 0.29) is 6.54 Å². The molecule has 3 rings (SSSR count). The maximum atomic E-state index is 12.6. The number of aromatic nitrogens is 1. The average Bonchev–Trinajstić information content (AvgIpc) is 3.03. The van der Waals surface area contributed by atoms with E-state index in [1.165, 1.54) is 24.0 Å². The van der Waals surface area contributed by atoms with E-state index in [4.69, 9.17) is 9.47 Å². The number of amides is 1. The summed E-state index contributed by atoms with van der Waals surface area (Å²) in [5, 5.41) is 0. The number of esters is 1. The zero-order chi connectivity index (χ0) is 19.4. The maximum absolute atomic E-state index is 12.6. The van der Waals surface area contributed by atoms with Crippen molar-refractivity contribution in [3.8, 4) is 5.75 Å². The predicted octanol–water partition coefficient (Wildman–Crippen LogP) is 3.19. The summed E-state index contributed by atoms with van der Waals surface area (Å²) in [6.45, 7) is 2.07. The number of carbonyl (C=O) groups is 2. The lowest BCUT2D eigenvalue weighted by molar-refractivity contribution is -0.141. The number of nitrogens with zero attached hydrogens (tertiary/aromatic N) is 2. The highest BCUT2D eigenvalue weighted by atomic mass is 32.1. The molecule has 1 aromatic heterocycles. The molecule has 0 aliphatic heterocycles. The Balaban J connectivity index is 2.12. The third-order valence-corrected chi connectivity index (χ3v) is 5.23. The van der Waals surface area contributed by atoms with Gasteiger partial charge in [0.2, 0.25) is 0 Å². The molecular weight excluding hydrogens is 364 g/mol. The van der Waals surface area contributed by atoms with Crippen LogP contribution in [0.3, 0.4) is 0 Å². The molecule has 0 saturated heterocycles. The van der Waals surface area contributed by atoms with E-state index in [2.05, 4.69) is 18.0 Å². The van der Waals surface area contributed by atoms with Gasteiger partial charge >= 0.3 is 5.97 Å². The van der Waals surface area contributed by atoms with Crippen molar-refractivity contribution in [2.24, 2.45) is 4.99 Å². The third-order valence-electron chi connectivity index (χ3n) is 4.18. The summed E-state index contributed by atoms with van der Waals surface area (Å²) in [5.41, 5.74) is 2.45. The number of benzene rings is 2. The molecule has 0 atom stereocenters. The van der Waals surface area contributed by atoms with E-state index in [0.29, 0.717) is 16.1 Å². The molecule has 0 bridgehead atoms. The Morgan fingerprint density at radius 2 is 1.96 bits per heavy atom. The van der Waals surface area contributed by atoms with Crippen LogP contribution in [-0.2, 0) is 22.5 Å². The van der Waals surface area contributed by atoms with Gasteiger partial charge in [0, 0.05) is 5.56 Å². The number of carbonyl (C=O) groups excluding carboxylic acids is 2. The van der Waals surface area contributed by atoms with Crippen molar-refractivity contribution in [1.29, 1.82) is 0 Å². The zero-order valence-electron chi connectivity index (χ0n) is 15.4. The second-order valence-corrected chi connectivity index (χ2v) is 6.86. The van der Waals surface area contributed by atoms with E-state index in [1.807, 2.05) is 12.1 Å². The van der Waals surface area contributed by atoms with Crippen LogP contribution in [0.1, 0.15) is 22.8 Å². The SMILES string of the molecule is CCc1ccc2c(c1)sc(=NC(=O)c1cccc(OC)c1)n2CC(=O)OC. The van der Waals surface area contributed by atoms with E-state index >= 15 is 0 Å². The number of thiazole rings is 1. The van der Waals surface area contributed by atoms with Crippen molar-refractivity contribution in [3.63, 3.8) is 0 Å². The second kappa shape index (κ2) is 8.18. The fraction of sp³-hybridized carbons (Fsp3) is 0.250. The Hall–Kier alpha value is -2.93. The van der Waals surface area contributed by atoms with Gasteiger partial charge in [0.05, 0.1) is 24.4 Å². The van der Waals surface area contributed by atoms with E-state index in [1.54, 1.807) is 35.9 Å². The van der Waals surface area contributed by atoms with Gasteiger partial charge in [-0.3, -0.25) is 9.59 Å². The molecular formula is C20H20N2O4S. The Labute approximate surface area is 160 Å². The van der Waals surface area contributed by atoms with Crippen LogP contribution in [0.2, 0.25) is 0 Å². The Morgan fingerprint density at radius 1 is 1.15 bits per heavy atom. The third kappa shape index (κ3) is 4.09. The van der Waals surface area contributed by atoms with Crippen LogP contribution in [0.25, 0.3) is 10.2 Å². The van der Waals surface area contributed by atoms with Crippen LogP contribution in [-0.4, -0.2) is 30.7 Å². The molecule has 1 amide bonds. The summed E-state index contributed by atoms with van der Waals surface area (Å²) in [6, 6.07) is 12.8. The number of methoxy groups -OCH3 is 2. The Kier molecular flexibility index (Phi) is 5.71. The Morgan fingerprint density at radius 3 is 2.67 bits per heavy atom. The highest BCUT2D eigenvalue weighted by molar-refractivity contribution is 7.16. The van der Waals surface area contributed by atoms with Crippen LogP contribution in [0, 0.1) is 0 Å². The summed E-state index contributed by atoms with van der Waals surface area (Å²) < 4.78 is 12.6. The molecule has 6 nitrogen and oxygen atoms in total. The lowest BCUT2D eigenvalue weighted by Crippen LogP contribution is -2.22. The predicted molar refractivity (Wildman–Crippen MR) is 104 cm³/mol. The maximum Gasteiger partial charge on any atom is 0.325 e. The average molecular weight is 384 g/mol. The molecule has 0 aliphatic rings. The highest BCUT2D eigenvalue weighted by Gasteiger charge is 2.13. The number of aryl methyl sites for hydroxylation is 1. The number of rotatable bonds is 5. The first-order chi connectivity index (χ1) is 13.0. The van der Waals surface area contributed by atoms with E-state index < -0.39 is 11.9 Å². The molecule has 1 heterocycles.